The molecule has 0 unspecified atom stereocenters. The maximum atomic E-state index is 13.2. The molecule has 0 bridgehead atoms. The van der Waals surface area contributed by atoms with E-state index < -0.39 is 0 Å². The number of aromatic nitrogens is 3. The van der Waals surface area contributed by atoms with Crippen molar-refractivity contribution in [3.63, 3.8) is 0 Å². The third-order valence-corrected chi connectivity index (χ3v) is 7.31. The van der Waals surface area contributed by atoms with E-state index in [0.717, 1.165) is 58.4 Å². The number of nitrogens with one attached hydrogen (secondary N) is 2. The number of nitrogens with zero attached hydrogens (tertiary/aromatic N) is 4. The van der Waals surface area contributed by atoms with Gasteiger partial charge in [0, 0.05) is 55.5 Å². The molecular formula is C26H33N7O3. The van der Waals surface area contributed by atoms with Crippen LogP contribution in [0.2, 0.25) is 0 Å². The number of hydrogen-bond acceptors (Lipinski definition) is 6. The van der Waals surface area contributed by atoms with E-state index in [1.165, 1.54) is 0 Å². The standard InChI is InChI=1S/C26H33N7O3/c1-4-33-24-21(14-29-33)22(31-17-7-10-32(11-8-17)26(27)35)20(16(3)30-24)13-28-25(34)19-6-5-15(2)18-9-12-36-23(18)19/h5-6,14,17H,4,7-13H2,1-3H3,(H2,27,35)(H,28,34)(H,30,31). The summed E-state index contributed by atoms with van der Waals surface area (Å²) in [4.78, 5) is 31.3. The van der Waals surface area contributed by atoms with Crippen LogP contribution in [0.15, 0.2) is 18.3 Å². The molecule has 190 valence electrons. The fourth-order valence-corrected chi connectivity index (χ4v) is 5.20. The second-order valence-electron chi connectivity index (χ2n) is 9.51. The van der Waals surface area contributed by atoms with Crippen molar-refractivity contribution < 1.29 is 14.3 Å². The Labute approximate surface area is 210 Å². The van der Waals surface area contributed by atoms with E-state index in [1.54, 1.807) is 4.90 Å². The summed E-state index contributed by atoms with van der Waals surface area (Å²) >= 11 is 0. The van der Waals surface area contributed by atoms with E-state index in [1.807, 2.05) is 43.8 Å². The molecule has 2 aromatic heterocycles. The zero-order chi connectivity index (χ0) is 25.4. The monoisotopic (exact) mass is 491 g/mol. The number of ether oxygens (including phenoxy) is 1. The number of hydrogen-bond donors (Lipinski definition) is 3. The Hall–Kier alpha value is -3.82. The number of fused-ring (bicyclic) bond motifs is 2. The van der Waals surface area contributed by atoms with Crippen LogP contribution in [0, 0.1) is 13.8 Å². The van der Waals surface area contributed by atoms with E-state index in [0.29, 0.717) is 44.1 Å². The summed E-state index contributed by atoms with van der Waals surface area (Å²) in [6, 6.07) is 3.60. The van der Waals surface area contributed by atoms with Gasteiger partial charge in [0.25, 0.3) is 5.91 Å². The maximum absolute atomic E-state index is 13.2. The number of likely N-dealkylation sites (tertiary alicyclic amines) is 1. The van der Waals surface area contributed by atoms with Crippen LogP contribution >= 0.6 is 0 Å². The van der Waals surface area contributed by atoms with Crippen LogP contribution in [0.25, 0.3) is 11.0 Å². The van der Waals surface area contributed by atoms with E-state index in [4.69, 9.17) is 15.5 Å². The molecule has 0 saturated carbocycles. The van der Waals surface area contributed by atoms with Crippen LogP contribution < -0.4 is 21.1 Å². The molecule has 4 N–H and O–H groups in total. The average Bonchev–Trinajstić information content (AvgIpc) is 3.52. The fraction of sp³-hybridized carbons (Fsp3) is 0.462. The minimum absolute atomic E-state index is 0.166. The molecule has 0 radical (unpaired) electrons. The molecule has 2 aliphatic heterocycles. The zero-order valence-electron chi connectivity index (χ0n) is 21.1. The summed E-state index contributed by atoms with van der Waals surface area (Å²) in [7, 11) is 0. The smallest absolute Gasteiger partial charge is 0.314 e. The second-order valence-corrected chi connectivity index (χ2v) is 9.51. The molecule has 0 aliphatic carbocycles. The van der Waals surface area contributed by atoms with Crippen LogP contribution in [-0.4, -0.2) is 57.3 Å². The van der Waals surface area contributed by atoms with Gasteiger partial charge >= 0.3 is 6.03 Å². The predicted octanol–water partition coefficient (Wildman–Crippen LogP) is 2.89. The van der Waals surface area contributed by atoms with Crippen molar-refractivity contribution in [2.75, 3.05) is 25.0 Å². The Morgan fingerprint density at radius 3 is 2.72 bits per heavy atom. The number of carbonyl (C=O) groups is 2. The first-order valence-electron chi connectivity index (χ1n) is 12.6. The predicted molar refractivity (Wildman–Crippen MR) is 137 cm³/mol. The molecule has 10 heteroatoms. The third kappa shape index (κ3) is 4.31. The number of amides is 3. The number of anilines is 1. The normalized spacial score (nSPS) is 15.6. The summed E-state index contributed by atoms with van der Waals surface area (Å²) < 4.78 is 7.67. The third-order valence-electron chi connectivity index (χ3n) is 7.31. The molecule has 2 aliphatic rings. The van der Waals surface area contributed by atoms with Gasteiger partial charge in [-0.25, -0.2) is 14.5 Å². The van der Waals surface area contributed by atoms with Crippen molar-refractivity contribution in [3.8, 4) is 5.75 Å². The molecule has 1 aromatic carbocycles. The highest BCUT2D eigenvalue weighted by Gasteiger charge is 2.26. The van der Waals surface area contributed by atoms with Gasteiger partial charge in [-0.1, -0.05) is 6.07 Å². The Bertz CT molecular complexity index is 1330. The Morgan fingerprint density at radius 1 is 1.22 bits per heavy atom. The van der Waals surface area contributed by atoms with Crippen molar-refractivity contribution in [2.24, 2.45) is 5.73 Å². The van der Waals surface area contributed by atoms with Gasteiger partial charge in [-0.05, 0) is 45.2 Å². The van der Waals surface area contributed by atoms with Gasteiger partial charge in [-0.15, -0.1) is 0 Å². The topological polar surface area (TPSA) is 127 Å². The molecule has 1 saturated heterocycles. The number of rotatable bonds is 6. The first kappa shape index (κ1) is 23.9. The van der Waals surface area contributed by atoms with Gasteiger partial charge in [0.15, 0.2) is 5.65 Å². The van der Waals surface area contributed by atoms with Gasteiger partial charge in [-0.2, -0.15) is 5.10 Å². The molecule has 0 spiro atoms. The molecule has 10 nitrogen and oxygen atoms in total. The van der Waals surface area contributed by atoms with Crippen LogP contribution in [0.3, 0.4) is 0 Å². The number of pyridine rings is 1. The lowest BCUT2D eigenvalue weighted by Crippen LogP contribution is -2.44. The maximum Gasteiger partial charge on any atom is 0.314 e. The first-order chi connectivity index (χ1) is 17.4. The number of primary amides is 1. The van der Waals surface area contributed by atoms with Crippen molar-refractivity contribution in [3.05, 3.63) is 46.3 Å². The zero-order valence-corrected chi connectivity index (χ0v) is 21.1. The highest BCUT2D eigenvalue weighted by Crippen LogP contribution is 2.33. The molecular weight excluding hydrogens is 458 g/mol. The molecule has 3 aromatic rings. The van der Waals surface area contributed by atoms with Crippen molar-refractivity contribution in [1.82, 2.24) is 25.0 Å². The number of nitrogens with two attached hydrogens (primary N) is 1. The van der Waals surface area contributed by atoms with Crippen molar-refractivity contribution in [1.29, 1.82) is 0 Å². The van der Waals surface area contributed by atoms with Crippen LogP contribution in [0.5, 0.6) is 5.75 Å². The summed E-state index contributed by atoms with van der Waals surface area (Å²) in [5.41, 5.74) is 11.8. The summed E-state index contributed by atoms with van der Waals surface area (Å²) in [6.45, 7) is 8.88. The molecule has 36 heavy (non-hydrogen) atoms. The quantitative estimate of drug-likeness (QED) is 0.487. The van der Waals surface area contributed by atoms with Gasteiger partial charge in [-0.3, -0.25) is 4.79 Å². The highest BCUT2D eigenvalue weighted by atomic mass is 16.5. The Kier molecular flexibility index (Phi) is 6.42. The lowest BCUT2D eigenvalue weighted by atomic mass is 10.0. The minimum Gasteiger partial charge on any atom is -0.492 e. The van der Waals surface area contributed by atoms with E-state index >= 15 is 0 Å². The first-order valence-corrected chi connectivity index (χ1v) is 12.6. The van der Waals surface area contributed by atoms with Crippen LogP contribution in [0.1, 0.15) is 52.5 Å². The van der Waals surface area contributed by atoms with E-state index in [9.17, 15) is 9.59 Å². The molecule has 3 amide bonds. The lowest BCUT2D eigenvalue weighted by molar-refractivity contribution is 0.0947. The van der Waals surface area contributed by atoms with Crippen molar-refractivity contribution in [2.45, 2.75) is 59.2 Å². The number of urea groups is 1. The van der Waals surface area contributed by atoms with Gasteiger partial charge < -0.3 is 26.0 Å². The average molecular weight is 492 g/mol. The largest absolute Gasteiger partial charge is 0.492 e. The summed E-state index contributed by atoms with van der Waals surface area (Å²) in [6.07, 6.45) is 4.23. The highest BCUT2D eigenvalue weighted by molar-refractivity contribution is 5.98. The van der Waals surface area contributed by atoms with E-state index in [2.05, 4.69) is 15.7 Å². The molecule has 1 fully saturated rings. The van der Waals surface area contributed by atoms with Crippen LogP contribution in [0.4, 0.5) is 10.5 Å². The van der Waals surface area contributed by atoms with Gasteiger partial charge in [0.05, 0.1) is 29.4 Å². The second kappa shape index (κ2) is 9.67. The molecule has 4 heterocycles. The molecule has 0 atom stereocenters. The minimum atomic E-state index is -0.380. The fourth-order valence-electron chi connectivity index (χ4n) is 5.20. The summed E-state index contributed by atoms with van der Waals surface area (Å²) in [5.74, 6) is 0.527. The number of aryl methyl sites for hydroxylation is 3. The SMILES string of the molecule is CCn1ncc2c(NC3CCN(C(N)=O)CC3)c(CNC(=O)c3ccc(C)c4c3OCC4)c(C)nc21. The Morgan fingerprint density at radius 2 is 2.00 bits per heavy atom. The van der Waals surface area contributed by atoms with Crippen molar-refractivity contribution >= 4 is 28.7 Å². The lowest BCUT2D eigenvalue weighted by Gasteiger charge is -2.32. The van der Waals surface area contributed by atoms with Crippen LogP contribution in [-0.2, 0) is 19.5 Å². The number of carbonyl (C=O) groups excluding carboxylic acids is 2. The van der Waals surface area contributed by atoms with Gasteiger partial charge in [0.1, 0.15) is 5.75 Å². The Balaban J connectivity index is 1.42. The number of piperidine rings is 1. The van der Waals surface area contributed by atoms with Gasteiger partial charge in [0.2, 0.25) is 0 Å². The molecule has 5 rings (SSSR count). The summed E-state index contributed by atoms with van der Waals surface area (Å²) in [5, 5.41) is 12.2. The van der Waals surface area contributed by atoms with E-state index in [-0.39, 0.29) is 18.0 Å². The number of benzene rings is 1.